The van der Waals surface area contributed by atoms with Gasteiger partial charge in [0.15, 0.2) is 11.6 Å². The van der Waals surface area contributed by atoms with Gasteiger partial charge in [0.25, 0.3) is 5.91 Å². The maximum absolute atomic E-state index is 14.1. The van der Waals surface area contributed by atoms with E-state index in [-0.39, 0.29) is 22.6 Å². The van der Waals surface area contributed by atoms with Gasteiger partial charge in [0.05, 0.1) is 22.6 Å². The Bertz CT molecular complexity index is 1200. The maximum Gasteiger partial charge on any atom is 0.257 e. The monoisotopic (exact) mass is 408 g/mol. The van der Waals surface area contributed by atoms with E-state index in [1.807, 2.05) is 19.3 Å². The number of nitriles is 1. The first-order valence-electron chi connectivity index (χ1n) is 9.60. The van der Waals surface area contributed by atoms with Gasteiger partial charge in [0.1, 0.15) is 17.8 Å². The Kier molecular flexibility index (Phi) is 4.00. The molecule has 30 heavy (non-hydrogen) atoms. The number of hydrogen-bond donors (Lipinski definition) is 1. The zero-order chi connectivity index (χ0) is 21.0. The molecule has 0 radical (unpaired) electrons. The lowest BCUT2D eigenvalue weighted by atomic mass is 9.60. The molecule has 7 nitrogen and oxygen atoms in total. The van der Waals surface area contributed by atoms with Gasteiger partial charge < -0.3 is 14.8 Å². The lowest BCUT2D eigenvalue weighted by Crippen LogP contribution is -2.67. The fourth-order valence-electron chi connectivity index (χ4n) is 4.67. The van der Waals surface area contributed by atoms with Gasteiger partial charge in [-0.25, -0.2) is 18.7 Å². The molecule has 1 aliphatic carbocycles. The van der Waals surface area contributed by atoms with Crippen LogP contribution in [0.3, 0.4) is 0 Å². The van der Waals surface area contributed by atoms with Crippen molar-refractivity contribution in [3.8, 4) is 6.07 Å². The predicted molar refractivity (Wildman–Crippen MR) is 105 cm³/mol. The second-order valence-electron chi connectivity index (χ2n) is 8.20. The number of likely N-dealkylation sites (tertiary alicyclic amines) is 1. The van der Waals surface area contributed by atoms with Crippen LogP contribution in [0.1, 0.15) is 28.8 Å². The molecule has 1 saturated carbocycles. The zero-order valence-electron chi connectivity index (χ0n) is 16.2. The minimum absolute atomic E-state index is 0.000733. The summed E-state index contributed by atoms with van der Waals surface area (Å²) in [5.74, 6) is -2.10. The number of amides is 1. The molecule has 1 aliphatic heterocycles. The van der Waals surface area contributed by atoms with Crippen LogP contribution in [-0.2, 0) is 0 Å². The maximum atomic E-state index is 14.1. The van der Waals surface area contributed by atoms with Crippen LogP contribution >= 0.6 is 0 Å². The van der Waals surface area contributed by atoms with Crippen molar-refractivity contribution in [3.05, 3.63) is 53.5 Å². The van der Waals surface area contributed by atoms with Crippen LogP contribution in [0, 0.1) is 28.4 Å². The summed E-state index contributed by atoms with van der Waals surface area (Å²) in [6, 6.07) is 5.89. The number of aromatic nitrogens is 3. The van der Waals surface area contributed by atoms with E-state index >= 15 is 0 Å². The molecule has 3 aromatic rings. The Balaban J connectivity index is 1.25. The van der Waals surface area contributed by atoms with Crippen LogP contribution < -0.4 is 4.90 Å². The number of rotatable bonds is 3. The topological polar surface area (TPSA) is 88.9 Å². The van der Waals surface area contributed by atoms with Gasteiger partial charge >= 0.3 is 0 Å². The summed E-state index contributed by atoms with van der Waals surface area (Å²) >= 11 is 0. The first kappa shape index (κ1) is 18.5. The van der Waals surface area contributed by atoms with E-state index in [1.54, 1.807) is 6.07 Å². The third kappa shape index (κ3) is 2.71. The quantitative estimate of drug-likeness (QED) is 0.720. The van der Waals surface area contributed by atoms with Gasteiger partial charge in [-0.1, -0.05) is 0 Å². The molecule has 0 unspecified atom stereocenters. The van der Waals surface area contributed by atoms with Crippen molar-refractivity contribution in [2.24, 2.45) is 5.41 Å². The summed E-state index contributed by atoms with van der Waals surface area (Å²) in [6.07, 6.45) is 5.14. The summed E-state index contributed by atoms with van der Waals surface area (Å²) in [5, 5.41) is 9.91. The number of aromatic amines is 1. The Morgan fingerprint density at radius 1 is 1.33 bits per heavy atom. The first-order chi connectivity index (χ1) is 14.4. The molecule has 3 heterocycles. The van der Waals surface area contributed by atoms with Gasteiger partial charge in [-0.05, 0) is 31.0 Å². The molecule has 1 N–H and O–H groups in total. The normalized spacial score (nSPS) is 17.5. The van der Waals surface area contributed by atoms with Crippen molar-refractivity contribution in [2.75, 3.05) is 25.0 Å². The summed E-state index contributed by atoms with van der Waals surface area (Å²) in [5.41, 5.74) is 0.333. The number of H-pyrrole nitrogens is 1. The number of carbonyl (C=O) groups is 1. The van der Waals surface area contributed by atoms with Crippen molar-refractivity contribution in [1.29, 1.82) is 5.26 Å². The van der Waals surface area contributed by atoms with Crippen LogP contribution in [-0.4, -0.2) is 51.9 Å². The number of fused-ring (bicyclic) bond motifs is 1. The Labute approximate surface area is 170 Å². The SMILES string of the molecule is CN(c1ncnc2[nH]ccc12)C1CC2(C1)CN(C(=O)c1cc(C#N)cc(F)c1F)C2. The lowest BCUT2D eigenvalue weighted by Gasteiger charge is -2.60. The van der Waals surface area contributed by atoms with E-state index in [2.05, 4.69) is 19.9 Å². The molecule has 1 amide bonds. The zero-order valence-corrected chi connectivity index (χ0v) is 16.2. The van der Waals surface area contributed by atoms with Gasteiger partial charge in [-0.2, -0.15) is 5.26 Å². The van der Waals surface area contributed by atoms with Gasteiger partial charge in [0, 0.05) is 37.8 Å². The van der Waals surface area contributed by atoms with Crippen LogP contribution in [0.15, 0.2) is 30.7 Å². The lowest BCUT2D eigenvalue weighted by molar-refractivity contribution is -0.0543. The highest BCUT2D eigenvalue weighted by molar-refractivity contribution is 5.95. The number of nitrogens with one attached hydrogen (secondary N) is 1. The van der Waals surface area contributed by atoms with Gasteiger partial charge in [-0.3, -0.25) is 4.79 Å². The molecule has 1 spiro atoms. The predicted octanol–water partition coefficient (Wildman–Crippen LogP) is 2.85. The third-order valence-corrected chi connectivity index (χ3v) is 6.28. The van der Waals surface area contributed by atoms with Crippen molar-refractivity contribution in [3.63, 3.8) is 0 Å². The summed E-state index contributed by atoms with van der Waals surface area (Å²) in [6.45, 7) is 0.995. The van der Waals surface area contributed by atoms with Crippen LogP contribution in [0.5, 0.6) is 0 Å². The molecule has 2 aromatic heterocycles. The highest BCUT2D eigenvalue weighted by Gasteiger charge is 2.55. The molecule has 0 atom stereocenters. The van der Waals surface area contributed by atoms with E-state index < -0.39 is 17.5 Å². The van der Waals surface area contributed by atoms with Crippen molar-refractivity contribution in [2.45, 2.75) is 18.9 Å². The highest BCUT2D eigenvalue weighted by Crippen LogP contribution is 2.51. The van der Waals surface area contributed by atoms with E-state index in [4.69, 9.17) is 5.26 Å². The smallest absolute Gasteiger partial charge is 0.257 e. The minimum Gasteiger partial charge on any atom is -0.356 e. The van der Waals surface area contributed by atoms with Crippen LogP contribution in [0.25, 0.3) is 11.0 Å². The Morgan fingerprint density at radius 2 is 2.10 bits per heavy atom. The first-order valence-corrected chi connectivity index (χ1v) is 9.60. The van der Waals surface area contributed by atoms with Crippen LogP contribution in [0.2, 0.25) is 0 Å². The molecular weight excluding hydrogens is 390 g/mol. The number of hydrogen-bond acceptors (Lipinski definition) is 5. The summed E-state index contributed by atoms with van der Waals surface area (Å²) in [4.78, 5) is 28.0. The average Bonchev–Trinajstić information content (AvgIpc) is 3.16. The second-order valence-corrected chi connectivity index (χ2v) is 8.20. The number of benzene rings is 1. The highest BCUT2D eigenvalue weighted by atomic mass is 19.2. The van der Waals surface area contributed by atoms with E-state index in [9.17, 15) is 13.6 Å². The van der Waals surface area contributed by atoms with Gasteiger partial charge in [0.2, 0.25) is 0 Å². The second kappa shape index (κ2) is 6.49. The average molecular weight is 408 g/mol. The molecule has 2 aliphatic rings. The summed E-state index contributed by atoms with van der Waals surface area (Å²) in [7, 11) is 2.00. The molecule has 5 rings (SSSR count). The Hall–Kier alpha value is -3.54. The van der Waals surface area contributed by atoms with E-state index in [1.165, 1.54) is 11.2 Å². The van der Waals surface area contributed by atoms with Crippen LogP contribution in [0.4, 0.5) is 14.6 Å². The molecule has 1 aromatic carbocycles. The fourth-order valence-corrected chi connectivity index (χ4v) is 4.67. The van der Waals surface area contributed by atoms with Gasteiger partial charge in [-0.15, -0.1) is 0 Å². The van der Waals surface area contributed by atoms with Crippen molar-refractivity contribution in [1.82, 2.24) is 19.9 Å². The fraction of sp³-hybridized carbons (Fsp3) is 0.333. The standard InChI is InChI=1S/C21H18F2N6O/c1-28(19-14-2-3-25-18(14)26-11-27-19)13-6-21(7-13)9-29(10-21)20(30)15-4-12(8-24)5-16(22)17(15)23/h2-5,11,13H,6-7,9-10H2,1H3,(H,25,26,27). The number of carbonyl (C=O) groups excluding carboxylic acids is 1. The molecule has 9 heteroatoms. The molecule has 152 valence electrons. The number of anilines is 1. The van der Waals surface area contributed by atoms with E-state index in [0.717, 1.165) is 41.8 Å². The van der Waals surface area contributed by atoms with E-state index in [0.29, 0.717) is 13.1 Å². The number of halogens is 2. The minimum atomic E-state index is -1.20. The van der Waals surface area contributed by atoms with Crippen molar-refractivity contribution < 1.29 is 13.6 Å². The molecule has 2 fully saturated rings. The largest absolute Gasteiger partial charge is 0.356 e. The molecule has 0 bridgehead atoms. The Morgan fingerprint density at radius 3 is 2.83 bits per heavy atom. The van der Waals surface area contributed by atoms with Crippen molar-refractivity contribution >= 4 is 22.8 Å². The molecule has 1 saturated heterocycles. The third-order valence-electron chi connectivity index (χ3n) is 6.28. The molecular formula is C21H18F2N6O. The number of nitrogens with zero attached hydrogens (tertiary/aromatic N) is 5. The summed E-state index contributed by atoms with van der Waals surface area (Å²) < 4.78 is 27.8.